The summed E-state index contributed by atoms with van der Waals surface area (Å²) in [6.07, 6.45) is 3.01. The predicted molar refractivity (Wildman–Crippen MR) is 91.3 cm³/mol. The van der Waals surface area contributed by atoms with Crippen molar-refractivity contribution in [1.29, 1.82) is 0 Å². The van der Waals surface area contributed by atoms with E-state index in [0.717, 1.165) is 34.3 Å². The molecule has 0 fully saturated rings. The van der Waals surface area contributed by atoms with Crippen LogP contribution in [0.25, 0.3) is 0 Å². The fourth-order valence-electron chi connectivity index (χ4n) is 3.16. The lowest BCUT2D eigenvalue weighted by Gasteiger charge is -2.23. The molecule has 4 heteroatoms. The van der Waals surface area contributed by atoms with Crippen molar-refractivity contribution in [2.75, 3.05) is 0 Å². The zero-order valence-corrected chi connectivity index (χ0v) is 14.0. The Balaban J connectivity index is 1.75. The van der Waals surface area contributed by atoms with E-state index in [1.807, 2.05) is 12.1 Å². The zero-order chi connectivity index (χ0) is 14.8. The molecule has 0 spiro atoms. The molecular formula is C17H18BrClN2. The minimum Gasteiger partial charge on any atom is -0.271 e. The van der Waals surface area contributed by atoms with E-state index in [1.54, 1.807) is 0 Å². The second-order valence-electron chi connectivity index (χ2n) is 5.65. The molecule has 0 bridgehead atoms. The molecule has 1 atom stereocenters. The summed E-state index contributed by atoms with van der Waals surface area (Å²) in [6, 6.07) is 14.9. The van der Waals surface area contributed by atoms with Gasteiger partial charge in [-0.25, -0.2) is 0 Å². The predicted octanol–water partition coefficient (Wildman–Crippen LogP) is 3.89. The first kappa shape index (κ1) is 15.0. The van der Waals surface area contributed by atoms with E-state index in [1.165, 1.54) is 11.1 Å². The molecule has 3 N–H and O–H groups in total. The van der Waals surface area contributed by atoms with E-state index in [-0.39, 0.29) is 6.04 Å². The molecule has 2 aromatic rings. The van der Waals surface area contributed by atoms with Gasteiger partial charge in [-0.2, -0.15) is 0 Å². The van der Waals surface area contributed by atoms with Gasteiger partial charge in [-0.05, 0) is 54.0 Å². The molecule has 0 heterocycles. The summed E-state index contributed by atoms with van der Waals surface area (Å²) in [5.74, 6) is 6.33. The first-order valence-corrected chi connectivity index (χ1v) is 8.31. The molecule has 2 aromatic carbocycles. The van der Waals surface area contributed by atoms with Crippen LogP contribution in [0.15, 0.2) is 46.9 Å². The second-order valence-corrected chi connectivity index (χ2v) is 6.97. The maximum Gasteiger partial charge on any atom is 0.0449 e. The van der Waals surface area contributed by atoms with Gasteiger partial charge in [-0.1, -0.05) is 57.9 Å². The largest absolute Gasteiger partial charge is 0.271 e. The zero-order valence-electron chi connectivity index (χ0n) is 11.7. The number of hydrogen-bond donors (Lipinski definition) is 2. The minimum atomic E-state index is 0.232. The summed E-state index contributed by atoms with van der Waals surface area (Å²) < 4.78 is 1.00. The highest BCUT2D eigenvalue weighted by molar-refractivity contribution is 9.10. The molecule has 1 aliphatic carbocycles. The summed E-state index contributed by atoms with van der Waals surface area (Å²) in [4.78, 5) is 0. The summed E-state index contributed by atoms with van der Waals surface area (Å²) in [5, 5.41) is 0.792. The van der Waals surface area contributed by atoms with Crippen LogP contribution in [0.4, 0.5) is 0 Å². The molecular weight excluding hydrogens is 348 g/mol. The third-order valence-corrected chi connectivity index (χ3v) is 5.17. The molecule has 1 unspecified atom stereocenters. The maximum absolute atomic E-state index is 6.33. The van der Waals surface area contributed by atoms with Crippen LogP contribution in [-0.4, -0.2) is 6.04 Å². The van der Waals surface area contributed by atoms with E-state index in [9.17, 15) is 0 Å². The van der Waals surface area contributed by atoms with Crippen LogP contribution in [0.2, 0.25) is 5.02 Å². The van der Waals surface area contributed by atoms with Crippen molar-refractivity contribution in [1.82, 2.24) is 5.43 Å². The van der Waals surface area contributed by atoms with Crippen LogP contribution < -0.4 is 11.3 Å². The fraction of sp³-hybridized carbons (Fsp3) is 0.294. The van der Waals surface area contributed by atoms with Gasteiger partial charge < -0.3 is 0 Å². The molecule has 0 radical (unpaired) electrons. The van der Waals surface area contributed by atoms with Crippen LogP contribution in [0.5, 0.6) is 0 Å². The molecule has 2 nitrogen and oxygen atoms in total. The first-order valence-electron chi connectivity index (χ1n) is 7.14. The third-order valence-electron chi connectivity index (χ3n) is 4.32. The maximum atomic E-state index is 6.33. The highest BCUT2D eigenvalue weighted by Crippen LogP contribution is 2.31. The van der Waals surface area contributed by atoms with Gasteiger partial charge >= 0.3 is 0 Å². The van der Waals surface area contributed by atoms with E-state index in [2.05, 4.69) is 51.7 Å². The van der Waals surface area contributed by atoms with Crippen molar-refractivity contribution in [3.05, 3.63) is 68.7 Å². The molecule has 3 rings (SSSR count). The van der Waals surface area contributed by atoms with Gasteiger partial charge in [0.05, 0.1) is 0 Å². The Labute approximate surface area is 138 Å². The van der Waals surface area contributed by atoms with Gasteiger partial charge in [0.25, 0.3) is 0 Å². The van der Waals surface area contributed by atoms with Gasteiger partial charge in [0, 0.05) is 15.5 Å². The Morgan fingerprint density at radius 1 is 1.19 bits per heavy atom. The second kappa shape index (κ2) is 6.49. The topological polar surface area (TPSA) is 38.0 Å². The average Bonchev–Trinajstić information content (AvgIpc) is 2.90. The average molecular weight is 366 g/mol. The van der Waals surface area contributed by atoms with Crippen LogP contribution in [0.3, 0.4) is 0 Å². The van der Waals surface area contributed by atoms with Crippen molar-refractivity contribution in [2.24, 2.45) is 11.8 Å². The van der Waals surface area contributed by atoms with Gasteiger partial charge in [0.2, 0.25) is 0 Å². The van der Waals surface area contributed by atoms with Gasteiger partial charge in [-0.3, -0.25) is 11.3 Å². The summed E-state index contributed by atoms with van der Waals surface area (Å²) in [5.41, 5.74) is 7.03. The number of benzene rings is 2. The van der Waals surface area contributed by atoms with Crippen LogP contribution in [-0.2, 0) is 19.3 Å². The molecule has 1 aliphatic rings. The van der Waals surface area contributed by atoms with Crippen molar-refractivity contribution >= 4 is 27.5 Å². The highest BCUT2D eigenvalue weighted by atomic mass is 79.9. The lowest BCUT2D eigenvalue weighted by Crippen LogP contribution is -2.43. The number of hydrogen-bond acceptors (Lipinski definition) is 2. The Kier molecular flexibility index (Phi) is 4.65. The number of hydrazine groups is 1. The summed E-state index contributed by atoms with van der Waals surface area (Å²) in [6.45, 7) is 0. The van der Waals surface area contributed by atoms with Gasteiger partial charge in [0.1, 0.15) is 0 Å². The number of rotatable bonds is 4. The molecule has 0 saturated heterocycles. The van der Waals surface area contributed by atoms with E-state index >= 15 is 0 Å². The lowest BCUT2D eigenvalue weighted by atomic mass is 9.91. The van der Waals surface area contributed by atoms with E-state index < -0.39 is 0 Å². The summed E-state index contributed by atoms with van der Waals surface area (Å²) in [7, 11) is 0. The molecule has 0 saturated carbocycles. The number of fused-ring (bicyclic) bond motifs is 1. The first-order chi connectivity index (χ1) is 10.2. The monoisotopic (exact) mass is 364 g/mol. The SMILES string of the molecule is NNC(Cc1ccc(Br)cc1Cl)C1Cc2ccccc2C1. The van der Waals surface area contributed by atoms with Crippen molar-refractivity contribution in [3.8, 4) is 0 Å². The number of halogens is 2. The number of nitrogens with two attached hydrogens (primary N) is 1. The van der Waals surface area contributed by atoms with Crippen molar-refractivity contribution < 1.29 is 0 Å². The molecule has 21 heavy (non-hydrogen) atoms. The van der Waals surface area contributed by atoms with Crippen LogP contribution >= 0.6 is 27.5 Å². The highest BCUT2D eigenvalue weighted by Gasteiger charge is 2.28. The van der Waals surface area contributed by atoms with Gasteiger partial charge in [0.15, 0.2) is 0 Å². The minimum absolute atomic E-state index is 0.232. The Morgan fingerprint density at radius 3 is 2.43 bits per heavy atom. The smallest absolute Gasteiger partial charge is 0.0449 e. The molecule has 110 valence electrons. The molecule has 0 aliphatic heterocycles. The molecule has 0 aromatic heterocycles. The van der Waals surface area contributed by atoms with E-state index in [4.69, 9.17) is 17.4 Å². The number of nitrogens with one attached hydrogen (secondary N) is 1. The Hall–Kier alpha value is -0.870. The van der Waals surface area contributed by atoms with Crippen molar-refractivity contribution in [3.63, 3.8) is 0 Å². The Bertz CT molecular complexity index is 619. The van der Waals surface area contributed by atoms with Crippen LogP contribution in [0.1, 0.15) is 16.7 Å². The summed E-state index contributed by atoms with van der Waals surface area (Å²) >= 11 is 9.77. The van der Waals surface area contributed by atoms with Crippen molar-refractivity contribution in [2.45, 2.75) is 25.3 Å². The quantitative estimate of drug-likeness (QED) is 0.637. The normalized spacial score (nSPS) is 16.0. The lowest BCUT2D eigenvalue weighted by molar-refractivity contribution is 0.367. The fourth-order valence-corrected chi connectivity index (χ4v) is 3.91. The standard InChI is InChI=1S/C17H18BrClN2/c18-15-6-5-13(16(19)10-15)9-17(21-20)14-7-11-3-1-2-4-12(11)8-14/h1-6,10,14,17,21H,7-9,20H2. The van der Waals surface area contributed by atoms with E-state index in [0.29, 0.717) is 5.92 Å². The molecule has 0 amide bonds. The van der Waals surface area contributed by atoms with Crippen LogP contribution in [0, 0.1) is 5.92 Å². The van der Waals surface area contributed by atoms with Gasteiger partial charge in [-0.15, -0.1) is 0 Å². The Morgan fingerprint density at radius 2 is 1.86 bits per heavy atom. The third kappa shape index (κ3) is 3.32.